The molecular weight excluding hydrogens is 392 g/mol. The number of hydrogen-bond acceptors (Lipinski definition) is 2. The van der Waals surface area contributed by atoms with Crippen molar-refractivity contribution in [1.29, 1.82) is 0 Å². The second-order valence-corrected chi connectivity index (χ2v) is 14.2. The Morgan fingerprint density at radius 1 is 0.938 bits per heavy atom. The van der Waals surface area contributed by atoms with Gasteiger partial charge < -0.3 is 5.11 Å². The molecule has 0 radical (unpaired) electrons. The van der Waals surface area contributed by atoms with Crippen LogP contribution in [0.25, 0.3) is 0 Å². The van der Waals surface area contributed by atoms with Crippen LogP contribution in [0.4, 0.5) is 0 Å². The zero-order valence-corrected chi connectivity index (χ0v) is 21.7. The number of aliphatic hydroxyl groups is 1. The number of hydrogen-bond donors (Lipinski definition) is 1. The fourth-order valence-corrected chi connectivity index (χ4v) is 11.1. The van der Waals surface area contributed by atoms with E-state index in [9.17, 15) is 9.90 Å². The van der Waals surface area contributed by atoms with Crippen LogP contribution in [0.5, 0.6) is 0 Å². The second-order valence-electron chi connectivity index (χ2n) is 14.2. The average Bonchev–Trinajstić information content (AvgIpc) is 3.31. The lowest BCUT2D eigenvalue weighted by Crippen LogP contribution is -2.57. The van der Waals surface area contributed by atoms with Gasteiger partial charge in [-0.05, 0) is 127 Å². The third-order valence-corrected chi connectivity index (χ3v) is 13.1. The van der Waals surface area contributed by atoms with Crippen molar-refractivity contribution < 1.29 is 9.90 Å². The smallest absolute Gasteiger partial charge is 0.157 e. The number of aliphatic hydroxyl groups excluding tert-OH is 1. The fourth-order valence-electron chi connectivity index (χ4n) is 11.1. The molecule has 5 saturated carbocycles. The van der Waals surface area contributed by atoms with Crippen LogP contribution in [-0.4, -0.2) is 17.0 Å². The average molecular weight is 441 g/mol. The van der Waals surface area contributed by atoms with Gasteiger partial charge in [-0.15, -0.1) is 0 Å². The molecule has 2 spiro atoms. The Morgan fingerprint density at radius 3 is 2.28 bits per heavy atom. The second kappa shape index (κ2) is 6.96. The van der Waals surface area contributed by atoms with E-state index in [0.29, 0.717) is 39.9 Å². The van der Waals surface area contributed by atoms with Crippen LogP contribution in [0.2, 0.25) is 0 Å². The van der Waals surface area contributed by atoms with E-state index in [1.54, 1.807) is 0 Å². The summed E-state index contributed by atoms with van der Waals surface area (Å²) in [5.41, 5.74) is 2.75. The van der Waals surface area contributed by atoms with E-state index >= 15 is 0 Å². The lowest BCUT2D eigenvalue weighted by Gasteiger charge is -2.63. The molecule has 180 valence electrons. The normalized spacial score (nSPS) is 51.6. The van der Waals surface area contributed by atoms with E-state index in [2.05, 4.69) is 41.2 Å². The molecule has 0 aromatic rings. The van der Waals surface area contributed by atoms with E-state index in [0.717, 1.165) is 30.3 Å². The minimum Gasteiger partial charge on any atom is -0.393 e. The Kier molecular flexibility index (Phi) is 5.03. The standard InChI is InChI=1S/C30H48O2/c1-19(2)22(31)9-8-20(3)21-12-14-28(7)24-11-10-23-26(4,5)25(32)13-15-29(23)18-30(24,29)17-16-27(21,28)6/h20-21,23-25,32H,1,8-18H2,2-7H3/t20-,21-,23+,24-,25+,27-,28+,29-,30+/m1/s1. The maximum Gasteiger partial charge on any atom is 0.157 e. The summed E-state index contributed by atoms with van der Waals surface area (Å²) in [7, 11) is 0. The summed E-state index contributed by atoms with van der Waals surface area (Å²) in [5.74, 6) is 3.20. The van der Waals surface area contributed by atoms with E-state index in [-0.39, 0.29) is 17.3 Å². The Bertz CT molecular complexity index is 827. The van der Waals surface area contributed by atoms with Crippen molar-refractivity contribution in [2.45, 2.75) is 118 Å². The van der Waals surface area contributed by atoms with Crippen molar-refractivity contribution in [3.8, 4) is 0 Å². The molecule has 5 aliphatic carbocycles. The van der Waals surface area contributed by atoms with E-state index < -0.39 is 0 Å². The Hall–Kier alpha value is -0.630. The number of carbonyl (C=O) groups excluding carboxylic acids is 1. The quantitative estimate of drug-likeness (QED) is 0.454. The van der Waals surface area contributed by atoms with Gasteiger partial charge in [-0.3, -0.25) is 4.79 Å². The summed E-state index contributed by atoms with van der Waals surface area (Å²) in [6.07, 6.45) is 13.6. The fraction of sp³-hybridized carbons (Fsp3) is 0.900. The summed E-state index contributed by atoms with van der Waals surface area (Å²) in [6.45, 7) is 18.2. The van der Waals surface area contributed by atoms with Crippen molar-refractivity contribution in [2.75, 3.05) is 0 Å². The number of Topliss-reactive ketones (excluding diaryl/α,β-unsaturated/α-hetero) is 1. The predicted octanol–water partition coefficient (Wildman–Crippen LogP) is 7.35. The third kappa shape index (κ3) is 2.65. The Labute approximate surface area is 197 Å². The summed E-state index contributed by atoms with van der Waals surface area (Å²) >= 11 is 0. The third-order valence-electron chi connectivity index (χ3n) is 13.1. The molecule has 9 atom stereocenters. The molecule has 0 bridgehead atoms. The summed E-state index contributed by atoms with van der Waals surface area (Å²) in [4.78, 5) is 12.2. The van der Waals surface area contributed by atoms with Crippen LogP contribution in [0, 0.1) is 50.7 Å². The van der Waals surface area contributed by atoms with Crippen LogP contribution in [-0.2, 0) is 4.79 Å². The van der Waals surface area contributed by atoms with Gasteiger partial charge in [0.1, 0.15) is 0 Å². The minimum atomic E-state index is -0.115. The van der Waals surface area contributed by atoms with Crippen molar-refractivity contribution in [2.24, 2.45) is 50.7 Å². The summed E-state index contributed by atoms with van der Waals surface area (Å²) < 4.78 is 0. The largest absolute Gasteiger partial charge is 0.393 e. The molecular formula is C30H48O2. The number of fused-ring (bicyclic) bond motifs is 2. The molecule has 5 fully saturated rings. The Balaban J connectivity index is 1.39. The number of rotatable bonds is 5. The molecule has 5 rings (SSSR count). The van der Waals surface area contributed by atoms with Gasteiger partial charge >= 0.3 is 0 Å². The van der Waals surface area contributed by atoms with Crippen LogP contribution in [0.15, 0.2) is 12.2 Å². The summed E-state index contributed by atoms with van der Waals surface area (Å²) in [5, 5.41) is 10.8. The number of carbonyl (C=O) groups is 1. The molecule has 0 aromatic heterocycles. The van der Waals surface area contributed by atoms with Gasteiger partial charge in [-0.25, -0.2) is 0 Å². The first-order valence-electron chi connectivity index (χ1n) is 13.7. The Morgan fingerprint density at radius 2 is 1.59 bits per heavy atom. The highest BCUT2D eigenvalue weighted by molar-refractivity contribution is 5.94. The van der Waals surface area contributed by atoms with E-state index in [1.807, 2.05) is 6.92 Å². The zero-order valence-electron chi connectivity index (χ0n) is 21.7. The van der Waals surface area contributed by atoms with Crippen LogP contribution in [0.1, 0.15) is 112 Å². The van der Waals surface area contributed by atoms with Gasteiger partial charge in [0.05, 0.1) is 6.10 Å². The van der Waals surface area contributed by atoms with Crippen molar-refractivity contribution >= 4 is 5.78 Å². The molecule has 1 N–H and O–H groups in total. The van der Waals surface area contributed by atoms with Gasteiger partial charge in [-0.1, -0.05) is 41.2 Å². The van der Waals surface area contributed by atoms with Crippen molar-refractivity contribution in [3.63, 3.8) is 0 Å². The highest BCUT2D eigenvalue weighted by atomic mass is 16.3. The van der Waals surface area contributed by atoms with Crippen molar-refractivity contribution in [1.82, 2.24) is 0 Å². The zero-order chi connectivity index (χ0) is 23.3. The monoisotopic (exact) mass is 440 g/mol. The molecule has 5 aliphatic rings. The first-order valence-corrected chi connectivity index (χ1v) is 13.7. The summed E-state index contributed by atoms with van der Waals surface area (Å²) in [6, 6.07) is 0. The minimum absolute atomic E-state index is 0.0803. The molecule has 0 aromatic carbocycles. The van der Waals surface area contributed by atoms with E-state index in [1.165, 1.54) is 51.4 Å². The molecule has 0 heterocycles. The number of ketones is 1. The van der Waals surface area contributed by atoms with Crippen LogP contribution < -0.4 is 0 Å². The maximum atomic E-state index is 12.2. The van der Waals surface area contributed by atoms with E-state index in [4.69, 9.17) is 0 Å². The van der Waals surface area contributed by atoms with Gasteiger partial charge in [0.2, 0.25) is 0 Å². The molecule has 0 aliphatic heterocycles. The highest BCUT2D eigenvalue weighted by Crippen LogP contribution is 2.89. The SMILES string of the molecule is C=C(C)C(=O)CC[C@@H](C)[C@H]1CC[C@@]2(C)[C@H]3CC[C@H]4C(C)(C)[C@@H](O)CC[C@@]45C[C@@]35CC[C@]12C. The van der Waals surface area contributed by atoms with Gasteiger partial charge in [0.15, 0.2) is 5.78 Å². The molecule has 0 amide bonds. The maximum absolute atomic E-state index is 12.2. The van der Waals surface area contributed by atoms with Crippen LogP contribution >= 0.6 is 0 Å². The first-order chi connectivity index (χ1) is 14.9. The predicted molar refractivity (Wildman–Crippen MR) is 131 cm³/mol. The van der Waals surface area contributed by atoms with Gasteiger partial charge in [0.25, 0.3) is 0 Å². The molecule has 32 heavy (non-hydrogen) atoms. The number of allylic oxidation sites excluding steroid dienone is 1. The topological polar surface area (TPSA) is 37.3 Å². The molecule has 0 unspecified atom stereocenters. The molecule has 0 saturated heterocycles. The highest BCUT2D eigenvalue weighted by Gasteiger charge is 2.82. The lowest BCUT2D eigenvalue weighted by molar-refractivity contribution is -0.161. The molecule has 2 nitrogen and oxygen atoms in total. The first kappa shape index (κ1) is 23.1. The van der Waals surface area contributed by atoms with Crippen molar-refractivity contribution in [3.05, 3.63) is 12.2 Å². The van der Waals surface area contributed by atoms with Gasteiger partial charge in [-0.2, -0.15) is 0 Å². The van der Waals surface area contributed by atoms with Gasteiger partial charge in [0, 0.05) is 6.42 Å². The van der Waals surface area contributed by atoms with Crippen LogP contribution in [0.3, 0.4) is 0 Å². The lowest BCUT2D eigenvalue weighted by atomic mass is 9.41. The molecule has 2 heteroatoms.